The fraction of sp³-hybridized carbons (Fsp3) is 0.545. The van der Waals surface area contributed by atoms with Crippen LogP contribution in [-0.4, -0.2) is 5.91 Å². The van der Waals surface area contributed by atoms with Gasteiger partial charge in [0.1, 0.15) is 11.5 Å². The minimum absolute atomic E-state index is 0.0338. The van der Waals surface area contributed by atoms with Gasteiger partial charge in [-0.05, 0) is 19.1 Å². The predicted molar refractivity (Wildman–Crippen MR) is 54.7 cm³/mol. The van der Waals surface area contributed by atoms with E-state index < -0.39 is 0 Å². The van der Waals surface area contributed by atoms with Crippen molar-refractivity contribution in [1.82, 2.24) is 5.32 Å². The third-order valence-corrected chi connectivity index (χ3v) is 1.90. The Labute approximate surface area is 84.5 Å². The van der Waals surface area contributed by atoms with Gasteiger partial charge in [-0.1, -0.05) is 20.8 Å². The number of rotatable bonds is 2. The molecule has 1 N–H and O–H groups in total. The van der Waals surface area contributed by atoms with Crippen molar-refractivity contribution >= 4 is 5.91 Å². The van der Waals surface area contributed by atoms with Gasteiger partial charge < -0.3 is 9.73 Å². The number of nitrogens with one attached hydrogen (secondary N) is 1. The molecule has 0 atom stereocenters. The lowest BCUT2D eigenvalue weighted by Gasteiger charge is -2.16. The Morgan fingerprint density at radius 2 is 2.07 bits per heavy atom. The highest BCUT2D eigenvalue weighted by Gasteiger charge is 2.20. The van der Waals surface area contributed by atoms with Crippen molar-refractivity contribution in [3.05, 3.63) is 23.7 Å². The van der Waals surface area contributed by atoms with Gasteiger partial charge in [-0.3, -0.25) is 4.79 Å². The highest BCUT2D eigenvalue weighted by molar-refractivity contribution is 5.81. The fourth-order valence-corrected chi connectivity index (χ4v) is 1.01. The summed E-state index contributed by atoms with van der Waals surface area (Å²) < 4.78 is 5.33. The second-order valence-electron chi connectivity index (χ2n) is 4.45. The smallest absolute Gasteiger partial charge is 0.225 e. The first-order valence-corrected chi connectivity index (χ1v) is 4.73. The van der Waals surface area contributed by atoms with Crippen molar-refractivity contribution in [2.24, 2.45) is 5.41 Å². The highest BCUT2D eigenvalue weighted by Crippen LogP contribution is 2.13. The summed E-state index contributed by atoms with van der Waals surface area (Å²) in [5, 5.41) is 2.82. The van der Waals surface area contributed by atoms with Crippen molar-refractivity contribution in [1.29, 1.82) is 0 Å². The van der Waals surface area contributed by atoms with E-state index in [0.29, 0.717) is 6.54 Å². The summed E-state index contributed by atoms with van der Waals surface area (Å²) in [5.41, 5.74) is -0.346. The zero-order valence-electron chi connectivity index (χ0n) is 9.18. The summed E-state index contributed by atoms with van der Waals surface area (Å²) in [6, 6.07) is 3.76. The summed E-state index contributed by atoms with van der Waals surface area (Å²) in [4.78, 5) is 11.5. The van der Waals surface area contributed by atoms with Crippen LogP contribution in [-0.2, 0) is 11.3 Å². The van der Waals surface area contributed by atoms with Crippen molar-refractivity contribution < 1.29 is 9.21 Å². The maximum Gasteiger partial charge on any atom is 0.225 e. The lowest BCUT2D eigenvalue weighted by molar-refractivity contribution is -0.128. The van der Waals surface area contributed by atoms with E-state index in [1.165, 1.54) is 0 Å². The van der Waals surface area contributed by atoms with Gasteiger partial charge in [-0.15, -0.1) is 0 Å². The van der Waals surface area contributed by atoms with Crippen LogP contribution in [0.5, 0.6) is 0 Å². The molecule has 1 amide bonds. The molecule has 0 aliphatic carbocycles. The molecule has 1 aromatic rings. The molecule has 0 spiro atoms. The number of carbonyl (C=O) groups excluding carboxylic acids is 1. The molecule has 3 heteroatoms. The minimum atomic E-state index is -0.346. The third-order valence-electron chi connectivity index (χ3n) is 1.90. The van der Waals surface area contributed by atoms with Crippen molar-refractivity contribution in [2.45, 2.75) is 34.2 Å². The topological polar surface area (TPSA) is 42.2 Å². The Hall–Kier alpha value is -1.25. The van der Waals surface area contributed by atoms with Gasteiger partial charge in [0, 0.05) is 5.41 Å². The number of aryl methyl sites for hydroxylation is 1. The van der Waals surface area contributed by atoms with Gasteiger partial charge in [0.25, 0.3) is 0 Å². The SMILES string of the molecule is Cc1ccc(CNC(=O)C(C)(C)C)o1. The van der Waals surface area contributed by atoms with E-state index in [1.54, 1.807) is 0 Å². The van der Waals surface area contributed by atoms with Crippen LogP contribution in [0.4, 0.5) is 0 Å². The third kappa shape index (κ3) is 2.91. The van der Waals surface area contributed by atoms with E-state index in [2.05, 4.69) is 5.32 Å². The predicted octanol–water partition coefficient (Wildman–Crippen LogP) is 2.25. The molecule has 1 aromatic heterocycles. The summed E-state index contributed by atoms with van der Waals surface area (Å²) in [5.74, 6) is 1.69. The zero-order chi connectivity index (χ0) is 10.8. The Balaban J connectivity index is 2.46. The molecular formula is C11H17NO2. The van der Waals surface area contributed by atoms with E-state index in [0.717, 1.165) is 11.5 Å². The van der Waals surface area contributed by atoms with Gasteiger partial charge in [0.05, 0.1) is 6.54 Å². The summed E-state index contributed by atoms with van der Waals surface area (Å²) in [7, 11) is 0. The molecule has 0 aliphatic rings. The van der Waals surface area contributed by atoms with Gasteiger partial charge in [-0.2, -0.15) is 0 Å². The lowest BCUT2D eigenvalue weighted by atomic mass is 9.96. The lowest BCUT2D eigenvalue weighted by Crippen LogP contribution is -2.34. The molecule has 14 heavy (non-hydrogen) atoms. The van der Waals surface area contributed by atoms with Crippen LogP contribution < -0.4 is 5.32 Å². The molecule has 1 rings (SSSR count). The summed E-state index contributed by atoms with van der Waals surface area (Å²) in [6.07, 6.45) is 0. The Kier molecular flexibility index (Phi) is 2.99. The van der Waals surface area contributed by atoms with Crippen LogP contribution in [0, 0.1) is 12.3 Å². The number of amides is 1. The monoisotopic (exact) mass is 195 g/mol. The van der Waals surface area contributed by atoms with E-state index >= 15 is 0 Å². The average Bonchev–Trinajstić information content (AvgIpc) is 2.45. The number of carbonyl (C=O) groups is 1. The molecule has 0 fully saturated rings. The molecule has 0 radical (unpaired) electrons. The first-order valence-electron chi connectivity index (χ1n) is 4.73. The first-order chi connectivity index (χ1) is 6.39. The standard InChI is InChI=1S/C11H17NO2/c1-8-5-6-9(14-8)7-12-10(13)11(2,3)4/h5-6H,7H2,1-4H3,(H,12,13). The van der Waals surface area contributed by atoms with Crippen molar-refractivity contribution in [3.8, 4) is 0 Å². The van der Waals surface area contributed by atoms with E-state index in [-0.39, 0.29) is 11.3 Å². The molecule has 1 heterocycles. The van der Waals surface area contributed by atoms with Crippen LogP contribution >= 0.6 is 0 Å². The number of hydrogen-bond acceptors (Lipinski definition) is 2. The Bertz CT molecular complexity index is 320. The van der Waals surface area contributed by atoms with Gasteiger partial charge in [0.15, 0.2) is 0 Å². The summed E-state index contributed by atoms with van der Waals surface area (Å²) >= 11 is 0. The Morgan fingerprint density at radius 1 is 1.43 bits per heavy atom. The normalized spacial score (nSPS) is 11.4. The van der Waals surface area contributed by atoms with Crippen LogP contribution in [0.3, 0.4) is 0 Å². The molecule has 78 valence electrons. The molecular weight excluding hydrogens is 178 g/mol. The van der Waals surface area contributed by atoms with Crippen LogP contribution in [0.25, 0.3) is 0 Å². The number of furan rings is 1. The fourth-order valence-electron chi connectivity index (χ4n) is 1.01. The van der Waals surface area contributed by atoms with Crippen molar-refractivity contribution in [3.63, 3.8) is 0 Å². The quantitative estimate of drug-likeness (QED) is 0.786. The maximum atomic E-state index is 11.5. The molecule has 0 saturated carbocycles. The summed E-state index contributed by atoms with van der Waals surface area (Å²) in [6.45, 7) is 8.00. The van der Waals surface area contributed by atoms with Gasteiger partial charge in [-0.25, -0.2) is 0 Å². The second-order valence-corrected chi connectivity index (χ2v) is 4.45. The minimum Gasteiger partial charge on any atom is -0.465 e. The Morgan fingerprint density at radius 3 is 2.50 bits per heavy atom. The largest absolute Gasteiger partial charge is 0.465 e. The molecule has 0 unspecified atom stereocenters. The highest BCUT2D eigenvalue weighted by atomic mass is 16.3. The van der Waals surface area contributed by atoms with E-state index in [1.807, 2.05) is 39.8 Å². The molecule has 0 aliphatic heterocycles. The average molecular weight is 195 g/mol. The van der Waals surface area contributed by atoms with Gasteiger partial charge >= 0.3 is 0 Å². The van der Waals surface area contributed by atoms with Gasteiger partial charge in [0.2, 0.25) is 5.91 Å². The van der Waals surface area contributed by atoms with Crippen molar-refractivity contribution in [2.75, 3.05) is 0 Å². The van der Waals surface area contributed by atoms with Crippen LogP contribution in [0.15, 0.2) is 16.5 Å². The van der Waals surface area contributed by atoms with E-state index in [9.17, 15) is 4.79 Å². The molecule has 0 saturated heterocycles. The maximum absolute atomic E-state index is 11.5. The number of hydrogen-bond donors (Lipinski definition) is 1. The zero-order valence-corrected chi connectivity index (χ0v) is 9.18. The van der Waals surface area contributed by atoms with E-state index in [4.69, 9.17) is 4.42 Å². The first kappa shape index (κ1) is 10.8. The second kappa shape index (κ2) is 3.86. The molecule has 0 aromatic carbocycles. The van der Waals surface area contributed by atoms with Crippen LogP contribution in [0.2, 0.25) is 0 Å². The van der Waals surface area contributed by atoms with Crippen LogP contribution in [0.1, 0.15) is 32.3 Å². The molecule has 3 nitrogen and oxygen atoms in total. The molecule has 0 bridgehead atoms.